The molecule has 0 atom stereocenters. The van der Waals surface area contributed by atoms with Crippen molar-refractivity contribution in [1.82, 2.24) is 0 Å². The summed E-state index contributed by atoms with van der Waals surface area (Å²) in [5, 5.41) is 0. The smallest absolute Gasteiger partial charge is 0.189 e. The molecule has 0 spiro atoms. The van der Waals surface area contributed by atoms with E-state index in [0.29, 0.717) is 13.4 Å². The molecular formula is C13H18O2. The first-order chi connectivity index (χ1) is 6.98. The van der Waals surface area contributed by atoms with Crippen LogP contribution in [-0.4, -0.2) is 6.79 Å². The van der Waals surface area contributed by atoms with Crippen LogP contribution in [-0.2, 0) is 16.8 Å². The van der Waals surface area contributed by atoms with Gasteiger partial charge in [0.05, 0.1) is 6.61 Å². The summed E-state index contributed by atoms with van der Waals surface area (Å²) in [7, 11) is 0. The van der Waals surface area contributed by atoms with Crippen molar-refractivity contribution in [3.8, 4) is 5.75 Å². The predicted octanol–water partition coefficient (Wildman–Crippen LogP) is 3.16. The first kappa shape index (κ1) is 10.5. The van der Waals surface area contributed by atoms with Gasteiger partial charge in [-0.15, -0.1) is 0 Å². The van der Waals surface area contributed by atoms with Crippen molar-refractivity contribution >= 4 is 0 Å². The molecule has 0 fully saturated rings. The Kier molecular flexibility index (Phi) is 2.47. The maximum absolute atomic E-state index is 5.61. The molecule has 2 nitrogen and oxygen atoms in total. The summed E-state index contributed by atoms with van der Waals surface area (Å²) in [6.07, 6.45) is 0. The number of hydrogen-bond acceptors (Lipinski definition) is 2. The molecule has 2 heteroatoms. The molecular weight excluding hydrogens is 188 g/mol. The minimum Gasteiger partial charge on any atom is -0.467 e. The standard InChI is InChI=1S/C13H18O2/c1-9-5-10-7-14-8-15-12(10)11(6-9)13(2,3)4/h5-6H,7-8H2,1-4H3. The predicted molar refractivity (Wildman–Crippen MR) is 60.2 cm³/mol. The van der Waals surface area contributed by atoms with Crippen LogP contribution < -0.4 is 4.74 Å². The quantitative estimate of drug-likeness (QED) is 0.649. The van der Waals surface area contributed by atoms with Crippen molar-refractivity contribution in [1.29, 1.82) is 0 Å². The molecule has 82 valence electrons. The van der Waals surface area contributed by atoms with Gasteiger partial charge in [0.25, 0.3) is 0 Å². The summed E-state index contributed by atoms with van der Waals surface area (Å²) in [5.41, 5.74) is 3.84. The van der Waals surface area contributed by atoms with E-state index in [4.69, 9.17) is 9.47 Å². The molecule has 1 aromatic rings. The first-order valence-corrected chi connectivity index (χ1v) is 5.33. The Morgan fingerprint density at radius 3 is 2.60 bits per heavy atom. The number of benzene rings is 1. The van der Waals surface area contributed by atoms with Gasteiger partial charge < -0.3 is 9.47 Å². The number of ether oxygens (including phenoxy) is 2. The van der Waals surface area contributed by atoms with Crippen LogP contribution in [0, 0.1) is 6.92 Å². The van der Waals surface area contributed by atoms with Crippen molar-refractivity contribution in [3.63, 3.8) is 0 Å². The monoisotopic (exact) mass is 206 g/mol. The molecule has 1 heterocycles. The highest BCUT2D eigenvalue weighted by atomic mass is 16.7. The lowest BCUT2D eigenvalue weighted by molar-refractivity contribution is -0.0176. The fourth-order valence-corrected chi connectivity index (χ4v) is 1.94. The minimum absolute atomic E-state index is 0.118. The molecule has 1 aliphatic heterocycles. The van der Waals surface area contributed by atoms with Gasteiger partial charge in [0, 0.05) is 11.1 Å². The van der Waals surface area contributed by atoms with Crippen LogP contribution in [0.3, 0.4) is 0 Å². The Labute approximate surface area is 91.2 Å². The van der Waals surface area contributed by atoms with E-state index >= 15 is 0 Å². The SMILES string of the molecule is Cc1cc2c(c(C(C)(C)C)c1)OCOC2. The minimum atomic E-state index is 0.118. The summed E-state index contributed by atoms with van der Waals surface area (Å²) in [6.45, 7) is 9.78. The molecule has 0 aromatic heterocycles. The summed E-state index contributed by atoms with van der Waals surface area (Å²) in [6, 6.07) is 4.36. The number of fused-ring (bicyclic) bond motifs is 1. The van der Waals surface area contributed by atoms with Crippen molar-refractivity contribution in [2.45, 2.75) is 39.7 Å². The number of hydrogen-bond donors (Lipinski definition) is 0. The van der Waals surface area contributed by atoms with Gasteiger partial charge >= 0.3 is 0 Å². The van der Waals surface area contributed by atoms with Crippen molar-refractivity contribution in [2.75, 3.05) is 6.79 Å². The van der Waals surface area contributed by atoms with Gasteiger partial charge in [-0.1, -0.05) is 38.5 Å². The Bertz CT molecular complexity index is 375. The maximum Gasteiger partial charge on any atom is 0.189 e. The van der Waals surface area contributed by atoms with E-state index in [-0.39, 0.29) is 5.41 Å². The lowest BCUT2D eigenvalue weighted by Gasteiger charge is -2.28. The van der Waals surface area contributed by atoms with Gasteiger partial charge in [0.15, 0.2) is 6.79 Å². The van der Waals surface area contributed by atoms with Crippen LogP contribution in [0.1, 0.15) is 37.5 Å². The van der Waals surface area contributed by atoms with Crippen molar-refractivity contribution in [2.24, 2.45) is 0 Å². The van der Waals surface area contributed by atoms with E-state index in [0.717, 1.165) is 5.75 Å². The molecule has 0 saturated heterocycles. The van der Waals surface area contributed by atoms with Crippen LogP contribution in [0.5, 0.6) is 5.75 Å². The van der Waals surface area contributed by atoms with Crippen LogP contribution in [0.2, 0.25) is 0 Å². The second-order valence-corrected chi connectivity index (χ2v) is 5.16. The van der Waals surface area contributed by atoms with Gasteiger partial charge in [-0.05, 0) is 12.3 Å². The van der Waals surface area contributed by atoms with E-state index in [1.54, 1.807) is 0 Å². The molecule has 1 aromatic carbocycles. The zero-order chi connectivity index (χ0) is 11.1. The highest BCUT2D eigenvalue weighted by Gasteiger charge is 2.23. The van der Waals surface area contributed by atoms with Gasteiger partial charge in [0.1, 0.15) is 5.75 Å². The first-order valence-electron chi connectivity index (χ1n) is 5.33. The second-order valence-electron chi connectivity index (χ2n) is 5.16. The molecule has 15 heavy (non-hydrogen) atoms. The lowest BCUT2D eigenvalue weighted by Crippen LogP contribution is -2.19. The Morgan fingerprint density at radius 2 is 1.93 bits per heavy atom. The van der Waals surface area contributed by atoms with Crippen molar-refractivity contribution in [3.05, 3.63) is 28.8 Å². The Hall–Kier alpha value is -1.02. The topological polar surface area (TPSA) is 18.5 Å². The molecule has 0 aliphatic carbocycles. The molecule has 0 bridgehead atoms. The molecule has 0 radical (unpaired) electrons. The van der Waals surface area contributed by atoms with Gasteiger partial charge in [-0.2, -0.15) is 0 Å². The summed E-state index contributed by atoms with van der Waals surface area (Å²) < 4.78 is 10.9. The second kappa shape index (κ2) is 3.53. The molecule has 0 amide bonds. The van der Waals surface area contributed by atoms with Crippen LogP contribution in [0.15, 0.2) is 12.1 Å². The highest BCUT2D eigenvalue weighted by molar-refractivity contribution is 5.48. The summed E-state index contributed by atoms with van der Waals surface area (Å²) >= 11 is 0. The third-order valence-electron chi connectivity index (χ3n) is 2.66. The van der Waals surface area contributed by atoms with E-state index < -0.39 is 0 Å². The molecule has 0 saturated carbocycles. The normalized spacial score (nSPS) is 15.7. The van der Waals surface area contributed by atoms with E-state index in [1.165, 1.54) is 16.7 Å². The average Bonchev–Trinajstić information content (AvgIpc) is 2.15. The Morgan fingerprint density at radius 1 is 1.20 bits per heavy atom. The highest BCUT2D eigenvalue weighted by Crippen LogP contribution is 2.37. The number of aryl methyl sites for hydroxylation is 1. The van der Waals surface area contributed by atoms with E-state index in [2.05, 4.69) is 39.8 Å². The van der Waals surface area contributed by atoms with E-state index in [9.17, 15) is 0 Å². The van der Waals surface area contributed by atoms with Crippen LogP contribution in [0.4, 0.5) is 0 Å². The van der Waals surface area contributed by atoms with Gasteiger partial charge in [-0.25, -0.2) is 0 Å². The van der Waals surface area contributed by atoms with Gasteiger partial charge in [0.2, 0.25) is 0 Å². The third kappa shape index (κ3) is 2.00. The zero-order valence-electron chi connectivity index (χ0n) is 9.89. The molecule has 0 N–H and O–H groups in total. The summed E-state index contributed by atoms with van der Waals surface area (Å²) in [5.74, 6) is 1.03. The molecule has 2 rings (SSSR count). The fourth-order valence-electron chi connectivity index (χ4n) is 1.94. The molecule has 1 aliphatic rings. The fraction of sp³-hybridized carbons (Fsp3) is 0.538. The van der Waals surface area contributed by atoms with Gasteiger partial charge in [-0.3, -0.25) is 0 Å². The maximum atomic E-state index is 5.61. The van der Waals surface area contributed by atoms with E-state index in [1.807, 2.05) is 0 Å². The largest absolute Gasteiger partial charge is 0.467 e. The Balaban J connectivity index is 2.58. The number of rotatable bonds is 0. The summed E-state index contributed by atoms with van der Waals surface area (Å²) in [4.78, 5) is 0. The molecule has 0 unspecified atom stereocenters. The third-order valence-corrected chi connectivity index (χ3v) is 2.66. The van der Waals surface area contributed by atoms with Crippen molar-refractivity contribution < 1.29 is 9.47 Å². The van der Waals surface area contributed by atoms with Crippen LogP contribution in [0.25, 0.3) is 0 Å². The van der Waals surface area contributed by atoms with Crippen LogP contribution >= 0.6 is 0 Å². The average molecular weight is 206 g/mol. The lowest BCUT2D eigenvalue weighted by atomic mass is 9.84. The zero-order valence-corrected chi connectivity index (χ0v) is 9.89.